The minimum Gasteiger partial charge on any atom is -0.493 e. The molecule has 1 aromatic rings. The van der Waals surface area contributed by atoms with Crippen LogP contribution in [0, 0.1) is 6.92 Å². The van der Waals surface area contributed by atoms with E-state index in [1.807, 2.05) is 6.92 Å². The Kier molecular flexibility index (Phi) is 8.84. The van der Waals surface area contributed by atoms with Gasteiger partial charge in [-0.1, -0.05) is 39.0 Å². The van der Waals surface area contributed by atoms with Crippen LogP contribution >= 0.6 is 0 Å². The van der Waals surface area contributed by atoms with E-state index in [-0.39, 0.29) is 18.9 Å². The van der Waals surface area contributed by atoms with Crippen LogP contribution in [0.1, 0.15) is 56.8 Å². The third kappa shape index (κ3) is 6.02. The normalized spacial score (nSPS) is 10.0. The summed E-state index contributed by atoms with van der Waals surface area (Å²) in [7, 11) is 0. The molecule has 0 spiro atoms. The molecule has 1 rings (SSSR count). The Balaban J connectivity index is 0.00000196. The van der Waals surface area contributed by atoms with E-state index in [1.165, 1.54) is 38.5 Å². The Morgan fingerprint density at radius 1 is 1.00 bits per heavy atom. The fraction of sp³-hybridized carbons (Fsp3) is 0.818. The van der Waals surface area contributed by atoms with Gasteiger partial charge in [-0.25, -0.2) is 0 Å². The number of aromatic nitrogens is 3. The van der Waals surface area contributed by atoms with Crippen LogP contribution in [-0.2, 0) is 6.42 Å². The van der Waals surface area contributed by atoms with E-state index in [0.717, 1.165) is 17.8 Å². The molecule has 0 saturated heterocycles. The summed E-state index contributed by atoms with van der Waals surface area (Å²) >= 11 is 0. The molecule has 0 radical (unpaired) electrons. The molecule has 0 aliphatic carbocycles. The van der Waals surface area contributed by atoms with Crippen molar-refractivity contribution < 1.29 is 18.9 Å². The van der Waals surface area contributed by atoms with Crippen molar-refractivity contribution in [2.75, 3.05) is 0 Å². The fourth-order valence-electron chi connectivity index (χ4n) is 1.58. The van der Waals surface area contributed by atoms with Crippen LogP contribution in [0.5, 0.6) is 0 Å². The van der Waals surface area contributed by atoms with Gasteiger partial charge in [0.15, 0.2) is 0 Å². The van der Waals surface area contributed by atoms with E-state index in [2.05, 4.69) is 22.3 Å². The van der Waals surface area contributed by atoms with Crippen molar-refractivity contribution in [1.82, 2.24) is 15.4 Å². The second-order valence-corrected chi connectivity index (χ2v) is 3.84. The molecular formula is C11H20LiN3. The van der Waals surface area contributed by atoms with E-state index in [4.69, 9.17) is 0 Å². The molecule has 0 atom stereocenters. The molecule has 0 aromatic carbocycles. The molecular weight excluding hydrogens is 181 g/mol. The van der Waals surface area contributed by atoms with Gasteiger partial charge in [0.25, 0.3) is 0 Å². The van der Waals surface area contributed by atoms with Gasteiger partial charge >= 0.3 is 18.9 Å². The van der Waals surface area contributed by atoms with E-state index in [0.29, 0.717) is 0 Å². The Bertz CT molecular complexity index is 248. The molecule has 15 heavy (non-hydrogen) atoms. The second kappa shape index (κ2) is 9.00. The van der Waals surface area contributed by atoms with Crippen molar-refractivity contribution in [3.05, 3.63) is 11.4 Å². The van der Waals surface area contributed by atoms with Crippen LogP contribution in [0.4, 0.5) is 0 Å². The number of hydrogen-bond donors (Lipinski definition) is 0. The molecule has 4 heteroatoms. The average Bonchev–Trinajstić information content (AvgIpc) is 2.58. The van der Waals surface area contributed by atoms with Crippen LogP contribution in [0.3, 0.4) is 0 Å². The third-order valence-corrected chi connectivity index (χ3v) is 2.54. The first-order chi connectivity index (χ1) is 6.84. The van der Waals surface area contributed by atoms with Crippen molar-refractivity contribution in [3.8, 4) is 0 Å². The van der Waals surface area contributed by atoms with Crippen LogP contribution in [0.2, 0.25) is 0 Å². The summed E-state index contributed by atoms with van der Waals surface area (Å²) in [5.41, 5.74) is 2.08. The smallest absolute Gasteiger partial charge is 0.493 e. The molecule has 0 aliphatic heterocycles. The van der Waals surface area contributed by atoms with Gasteiger partial charge in [-0.05, 0) is 19.8 Å². The molecule has 0 N–H and O–H groups in total. The summed E-state index contributed by atoms with van der Waals surface area (Å²) in [6.07, 6.45) is 9.01. The maximum atomic E-state index is 3.99. The van der Waals surface area contributed by atoms with Crippen molar-refractivity contribution in [1.29, 1.82) is 0 Å². The second-order valence-electron chi connectivity index (χ2n) is 3.84. The Morgan fingerprint density at radius 3 is 2.27 bits per heavy atom. The van der Waals surface area contributed by atoms with Crippen LogP contribution < -0.4 is 24.1 Å². The zero-order chi connectivity index (χ0) is 10.2. The average molecular weight is 201 g/mol. The predicted molar refractivity (Wildman–Crippen MR) is 57.2 cm³/mol. The first kappa shape index (κ1) is 14.7. The Hall–Kier alpha value is -0.263. The topological polar surface area (TPSA) is 39.9 Å². The van der Waals surface area contributed by atoms with Gasteiger partial charge < -0.3 is 15.4 Å². The maximum absolute atomic E-state index is 3.99. The molecule has 0 amide bonds. The first-order valence-electron chi connectivity index (χ1n) is 5.66. The van der Waals surface area contributed by atoms with Crippen LogP contribution in [0.25, 0.3) is 0 Å². The number of unbranched alkanes of at least 4 members (excludes halogenated alkanes) is 5. The summed E-state index contributed by atoms with van der Waals surface area (Å²) in [6.45, 7) is 4.22. The summed E-state index contributed by atoms with van der Waals surface area (Å²) in [6, 6.07) is 0. The van der Waals surface area contributed by atoms with Gasteiger partial charge in [0.05, 0.1) is 0 Å². The quantitative estimate of drug-likeness (QED) is 0.447. The molecule has 1 heterocycles. The van der Waals surface area contributed by atoms with Crippen molar-refractivity contribution in [3.63, 3.8) is 0 Å². The van der Waals surface area contributed by atoms with Crippen molar-refractivity contribution in [2.45, 2.75) is 58.8 Å². The van der Waals surface area contributed by atoms with Gasteiger partial charge in [-0.2, -0.15) is 0 Å². The van der Waals surface area contributed by atoms with E-state index < -0.39 is 0 Å². The zero-order valence-electron chi connectivity index (χ0n) is 10.3. The largest absolute Gasteiger partial charge is 1.00 e. The SMILES string of the molecule is CCCCCCCCc1n[n-]nc1C.[Li+]. The first-order valence-corrected chi connectivity index (χ1v) is 5.66. The standard InChI is InChI=1S/C11H20N3.Li/c1-3-4-5-6-7-8-9-11-10(2)12-14-13-11;/h3-9H2,1-2H3;/q-1;+1. The van der Waals surface area contributed by atoms with Crippen molar-refractivity contribution >= 4 is 0 Å². The number of hydrogen-bond acceptors (Lipinski definition) is 2. The molecule has 0 bridgehead atoms. The van der Waals surface area contributed by atoms with Crippen molar-refractivity contribution in [2.24, 2.45) is 0 Å². The number of nitrogens with zero attached hydrogens (tertiary/aromatic N) is 3. The molecule has 0 aliphatic rings. The minimum absolute atomic E-state index is 0. The fourth-order valence-corrected chi connectivity index (χ4v) is 1.58. The van der Waals surface area contributed by atoms with Gasteiger partial charge in [-0.15, -0.1) is 0 Å². The van der Waals surface area contributed by atoms with Gasteiger partial charge in [0.2, 0.25) is 0 Å². The summed E-state index contributed by atoms with van der Waals surface area (Å²) in [4.78, 5) is 0. The molecule has 0 fully saturated rings. The minimum atomic E-state index is 0. The van der Waals surface area contributed by atoms with E-state index >= 15 is 0 Å². The maximum Gasteiger partial charge on any atom is 1.00 e. The third-order valence-electron chi connectivity index (χ3n) is 2.54. The summed E-state index contributed by atoms with van der Waals surface area (Å²) in [5, 5.41) is 11.5. The van der Waals surface area contributed by atoms with Gasteiger partial charge in [0.1, 0.15) is 0 Å². The summed E-state index contributed by atoms with van der Waals surface area (Å²) in [5.74, 6) is 0. The Morgan fingerprint density at radius 2 is 1.67 bits per heavy atom. The predicted octanol–water partition coefficient (Wildman–Crippen LogP) is -0.351. The van der Waals surface area contributed by atoms with Gasteiger partial charge in [-0.3, -0.25) is 0 Å². The summed E-state index contributed by atoms with van der Waals surface area (Å²) < 4.78 is 0. The Labute approximate surface area is 105 Å². The molecule has 0 saturated carbocycles. The molecule has 1 aromatic heterocycles. The molecule has 80 valence electrons. The van der Waals surface area contributed by atoms with E-state index in [9.17, 15) is 0 Å². The molecule has 0 unspecified atom stereocenters. The number of aryl methyl sites for hydroxylation is 2. The van der Waals surface area contributed by atoms with Crippen LogP contribution in [0.15, 0.2) is 0 Å². The van der Waals surface area contributed by atoms with Gasteiger partial charge in [0, 0.05) is 11.4 Å². The zero-order valence-corrected chi connectivity index (χ0v) is 10.3. The number of rotatable bonds is 7. The monoisotopic (exact) mass is 201 g/mol. The molecule has 3 nitrogen and oxygen atoms in total. The van der Waals surface area contributed by atoms with E-state index in [1.54, 1.807) is 0 Å². The van der Waals surface area contributed by atoms with Crippen LogP contribution in [-0.4, -0.2) is 10.2 Å².